The van der Waals surface area contributed by atoms with Crippen molar-refractivity contribution in [2.45, 2.75) is 44.7 Å². The number of nitrogens with one attached hydrogen (secondary N) is 1. The minimum atomic E-state index is -0.211. The van der Waals surface area contributed by atoms with Gasteiger partial charge in [0.2, 0.25) is 0 Å². The van der Waals surface area contributed by atoms with Crippen LogP contribution in [0.15, 0.2) is 60.7 Å². The Morgan fingerprint density at radius 2 is 1.49 bits per heavy atom. The van der Waals surface area contributed by atoms with Crippen LogP contribution in [0.25, 0.3) is 0 Å². The normalized spacial score (nSPS) is 17.0. The van der Waals surface area contributed by atoms with E-state index in [0.29, 0.717) is 39.7 Å². The van der Waals surface area contributed by atoms with E-state index in [1.807, 2.05) is 6.92 Å². The zero-order valence-electron chi connectivity index (χ0n) is 19.5. The number of benzene rings is 3. The second-order valence-corrected chi connectivity index (χ2v) is 8.71. The fraction of sp³-hybridized carbons (Fsp3) is 0.250. The van der Waals surface area contributed by atoms with Crippen LogP contribution in [-0.4, -0.2) is 18.0 Å². The van der Waals surface area contributed by atoms with Crippen molar-refractivity contribution in [2.75, 3.05) is 0 Å². The molecule has 1 aliphatic rings. The summed E-state index contributed by atoms with van der Waals surface area (Å²) in [4.78, 5) is 13.1. The van der Waals surface area contributed by atoms with E-state index in [2.05, 4.69) is 17.5 Å². The molecule has 0 aromatic heterocycles. The number of rotatable bonds is 6. The van der Waals surface area contributed by atoms with Crippen molar-refractivity contribution in [1.29, 1.82) is 10.5 Å². The van der Waals surface area contributed by atoms with Gasteiger partial charge in [-0.05, 0) is 92.8 Å². The van der Waals surface area contributed by atoms with Crippen molar-refractivity contribution >= 4 is 5.91 Å². The Balaban J connectivity index is 1.60. The van der Waals surface area contributed by atoms with Crippen molar-refractivity contribution in [2.24, 2.45) is 5.73 Å². The molecule has 1 amide bonds. The van der Waals surface area contributed by atoms with Crippen molar-refractivity contribution in [3.05, 3.63) is 82.9 Å². The predicted octanol–water partition coefficient (Wildman–Crippen LogP) is 5.32. The van der Waals surface area contributed by atoms with E-state index in [4.69, 9.17) is 20.5 Å². The van der Waals surface area contributed by atoms with Gasteiger partial charge in [-0.2, -0.15) is 10.5 Å². The fourth-order valence-electron chi connectivity index (χ4n) is 4.05. The molecular formula is C28H26N4O3. The number of nitrogens with two attached hydrogens (primary N) is 1. The number of hydrogen-bond donors (Lipinski definition) is 2. The average molecular weight is 467 g/mol. The van der Waals surface area contributed by atoms with Gasteiger partial charge in [0.15, 0.2) is 0 Å². The van der Waals surface area contributed by atoms with E-state index in [0.717, 1.165) is 31.2 Å². The molecule has 0 spiro atoms. The third kappa shape index (κ3) is 6.17. The molecule has 176 valence electrons. The number of amides is 1. The quantitative estimate of drug-likeness (QED) is 0.507. The standard InChI is InChI=1S/C28H26N4O3/c1-18-12-25(11-4-20(18)17-30)35-27-14-21(28(33)32-23-7-5-22(31)6-8-23)13-26(15-27)34-24-9-2-19(16-29)3-10-24/h2-4,9-15,22-23H,5-8,31H2,1H3,(H,32,33). The summed E-state index contributed by atoms with van der Waals surface area (Å²) in [5.74, 6) is 1.72. The molecule has 0 atom stereocenters. The zero-order chi connectivity index (χ0) is 24.8. The summed E-state index contributed by atoms with van der Waals surface area (Å²) in [5.41, 5.74) is 8.29. The van der Waals surface area contributed by atoms with Crippen LogP contribution < -0.4 is 20.5 Å². The first-order chi connectivity index (χ1) is 16.9. The summed E-state index contributed by atoms with van der Waals surface area (Å²) in [6.45, 7) is 1.84. The molecule has 7 heteroatoms. The van der Waals surface area contributed by atoms with Crippen molar-refractivity contribution in [3.63, 3.8) is 0 Å². The lowest BCUT2D eigenvalue weighted by Gasteiger charge is -2.26. The smallest absolute Gasteiger partial charge is 0.251 e. The van der Waals surface area contributed by atoms with E-state index >= 15 is 0 Å². The molecule has 3 aromatic rings. The van der Waals surface area contributed by atoms with Crippen molar-refractivity contribution in [1.82, 2.24) is 5.32 Å². The Morgan fingerprint density at radius 3 is 2.09 bits per heavy atom. The van der Waals surface area contributed by atoms with Crippen LogP contribution >= 0.6 is 0 Å². The van der Waals surface area contributed by atoms with Gasteiger partial charge in [-0.15, -0.1) is 0 Å². The molecule has 1 fully saturated rings. The summed E-state index contributed by atoms with van der Waals surface area (Å²) in [6, 6.07) is 21.4. The molecule has 1 aliphatic carbocycles. The monoisotopic (exact) mass is 466 g/mol. The second kappa shape index (κ2) is 10.7. The van der Waals surface area contributed by atoms with Gasteiger partial charge >= 0.3 is 0 Å². The molecule has 0 unspecified atom stereocenters. The number of ether oxygens (including phenoxy) is 2. The summed E-state index contributed by atoms with van der Waals surface area (Å²) >= 11 is 0. The van der Waals surface area contributed by atoms with Gasteiger partial charge in [0.05, 0.1) is 23.3 Å². The van der Waals surface area contributed by atoms with Gasteiger partial charge in [0, 0.05) is 23.7 Å². The van der Waals surface area contributed by atoms with Crippen molar-refractivity contribution in [3.8, 4) is 35.1 Å². The van der Waals surface area contributed by atoms with Crippen LogP contribution in [0.3, 0.4) is 0 Å². The molecule has 0 saturated heterocycles. The summed E-state index contributed by atoms with van der Waals surface area (Å²) < 4.78 is 12.0. The molecule has 0 heterocycles. The maximum absolute atomic E-state index is 13.1. The molecular weight excluding hydrogens is 440 g/mol. The Kier molecular flexibility index (Phi) is 7.30. The van der Waals surface area contributed by atoms with E-state index in [-0.39, 0.29) is 18.0 Å². The van der Waals surface area contributed by atoms with E-state index in [1.54, 1.807) is 60.7 Å². The SMILES string of the molecule is Cc1cc(Oc2cc(Oc3ccc(C#N)cc3)cc(C(=O)NC3CCC(N)CC3)c2)ccc1C#N. The Morgan fingerprint density at radius 1 is 0.857 bits per heavy atom. The first-order valence-corrected chi connectivity index (χ1v) is 11.5. The number of hydrogen-bond acceptors (Lipinski definition) is 6. The van der Waals surface area contributed by atoms with Gasteiger partial charge in [0.25, 0.3) is 5.91 Å². The van der Waals surface area contributed by atoms with Crippen LogP contribution in [0, 0.1) is 29.6 Å². The first-order valence-electron chi connectivity index (χ1n) is 11.5. The maximum atomic E-state index is 13.1. The Hall–Kier alpha value is -4.33. The second-order valence-electron chi connectivity index (χ2n) is 8.71. The van der Waals surface area contributed by atoms with Crippen LogP contribution in [-0.2, 0) is 0 Å². The largest absolute Gasteiger partial charge is 0.457 e. The molecule has 0 radical (unpaired) electrons. The lowest BCUT2D eigenvalue weighted by molar-refractivity contribution is 0.0925. The molecule has 0 bridgehead atoms. The molecule has 3 N–H and O–H groups in total. The van der Waals surface area contributed by atoms with Gasteiger partial charge < -0.3 is 20.5 Å². The Bertz CT molecular complexity index is 1300. The maximum Gasteiger partial charge on any atom is 0.251 e. The number of carbonyl (C=O) groups excluding carboxylic acids is 1. The van der Waals surface area contributed by atoms with E-state index in [1.165, 1.54) is 0 Å². The number of nitrogens with zero attached hydrogens (tertiary/aromatic N) is 2. The third-order valence-electron chi connectivity index (χ3n) is 6.02. The zero-order valence-corrected chi connectivity index (χ0v) is 19.5. The fourth-order valence-corrected chi connectivity index (χ4v) is 4.05. The van der Waals surface area contributed by atoms with E-state index < -0.39 is 0 Å². The summed E-state index contributed by atoms with van der Waals surface area (Å²) in [5, 5.41) is 21.3. The Labute approximate surface area is 204 Å². The lowest BCUT2D eigenvalue weighted by atomic mass is 9.91. The lowest BCUT2D eigenvalue weighted by Crippen LogP contribution is -2.40. The highest BCUT2D eigenvalue weighted by atomic mass is 16.5. The van der Waals surface area contributed by atoms with Crippen LogP contribution in [0.1, 0.15) is 52.7 Å². The molecule has 4 rings (SSSR count). The minimum absolute atomic E-state index is 0.0796. The molecule has 3 aromatic carbocycles. The average Bonchev–Trinajstić information content (AvgIpc) is 2.86. The first kappa shape index (κ1) is 23.8. The van der Waals surface area contributed by atoms with Crippen molar-refractivity contribution < 1.29 is 14.3 Å². The molecule has 35 heavy (non-hydrogen) atoms. The van der Waals surface area contributed by atoms with Gasteiger partial charge in [-0.1, -0.05) is 0 Å². The van der Waals surface area contributed by atoms with Crippen LogP contribution in [0.5, 0.6) is 23.0 Å². The van der Waals surface area contributed by atoms with E-state index in [9.17, 15) is 10.1 Å². The minimum Gasteiger partial charge on any atom is -0.457 e. The highest BCUT2D eigenvalue weighted by Gasteiger charge is 2.21. The van der Waals surface area contributed by atoms with Crippen LogP contribution in [0.2, 0.25) is 0 Å². The van der Waals surface area contributed by atoms with Gasteiger partial charge in [-0.25, -0.2) is 0 Å². The predicted molar refractivity (Wildman–Crippen MR) is 131 cm³/mol. The number of aryl methyl sites for hydroxylation is 1. The number of carbonyl (C=O) groups is 1. The summed E-state index contributed by atoms with van der Waals surface area (Å²) in [7, 11) is 0. The summed E-state index contributed by atoms with van der Waals surface area (Å²) in [6.07, 6.45) is 3.48. The third-order valence-corrected chi connectivity index (χ3v) is 6.02. The van der Waals surface area contributed by atoms with Gasteiger partial charge in [0.1, 0.15) is 23.0 Å². The molecule has 7 nitrogen and oxygen atoms in total. The highest BCUT2D eigenvalue weighted by molar-refractivity contribution is 5.95. The highest BCUT2D eigenvalue weighted by Crippen LogP contribution is 2.31. The van der Waals surface area contributed by atoms with Gasteiger partial charge in [-0.3, -0.25) is 4.79 Å². The molecule has 0 aliphatic heterocycles. The van der Waals surface area contributed by atoms with Crippen LogP contribution in [0.4, 0.5) is 0 Å². The molecule has 1 saturated carbocycles. The number of nitriles is 2. The topological polar surface area (TPSA) is 121 Å².